The van der Waals surface area contributed by atoms with Crippen LogP contribution in [-0.2, 0) is 0 Å². The van der Waals surface area contributed by atoms with Crippen LogP contribution in [0.4, 0.5) is 0 Å². The third-order valence-corrected chi connectivity index (χ3v) is 5.17. The smallest absolute Gasteiger partial charge is 0.0895 e. The minimum Gasteiger partial charge on any atom is -0.244 e. The minimum atomic E-state index is -0.209. The number of benzene rings is 1. The molecule has 1 heterocycles. The van der Waals surface area contributed by atoms with Crippen molar-refractivity contribution in [2.75, 3.05) is 13.3 Å². The molecule has 2 nitrogen and oxygen atoms in total. The van der Waals surface area contributed by atoms with Crippen molar-refractivity contribution < 1.29 is 0 Å². The van der Waals surface area contributed by atoms with Gasteiger partial charge in [0.1, 0.15) is 0 Å². The first-order chi connectivity index (χ1) is 8.37. The Balaban J connectivity index is 2.58. The molecule has 0 bridgehead atoms. The molecule has 96 valence electrons. The molecule has 0 saturated carbocycles. The predicted octanol–water partition coefficient (Wildman–Crippen LogP) is 3.10. The summed E-state index contributed by atoms with van der Waals surface area (Å²) >= 11 is 0. The lowest BCUT2D eigenvalue weighted by molar-refractivity contribution is 0.798. The van der Waals surface area contributed by atoms with E-state index >= 15 is 0 Å². The van der Waals surface area contributed by atoms with Gasteiger partial charge in [-0.25, -0.2) is 9.97 Å². The van der Waals surface area contributed by atoms with Gasteiger partial charge in [-0.1, -0.05) is 49.4 Å². The Morgan fingerprint density at radius 2 is 1.56 bits per heavy atom. The molecule has 4 heteroatoms. The van der Waals surface area contributed by atoms with E-state index in [0.29, 0.717) is 8.58 Å². The van der Waals surface area contributed by atoms with Crippen LogP contribution < -0.4 is 10.9 Å². The first kappa shape index (κ1) is 13.8. The second kappa shape index (κ2) is 5.19. The maximum atomic E-state index is 4.85. The molecule has 1 aromatic heterocycles. The second-order valence-electron chi connectivity index (χ2n) is 5.65. The van der Waals surface area contributed by atoms with Gasteiger partial charge in [-0.3, -0.25) is 0 Å². The van der Waals surface area contributed by atoms with Crippen LogP contribution in [0.5, 0.6) is 0 Å². The number of nitrogens with zero attached hydrogens (tertiary/aromatic N) is 2. The molecule has 0 aliphatic carbocycles. The van der Waals surface area contributed by atoms with Gasteiger partial charge in [0.05, 0.1) is 21.9 Å². The zero-order valence-corrected chi connectivity index (χ0v) is 13.5. The van der Waals surface area contributed by atoms with E-state index in [0.717, 1.165) is 11.0 Å². The molecule has 1 atom stereocenters. The number of aromatic nitrogens is 2. The molecule has 0 amide bonds. The SMILES string of the molecule is CP(C)c1nc2ccccc2nc1PC(C)(C)C. The Morgan fingerprint density at radius 3 is 2.06 bits per heavy atom. The Kier molecular flexibility index (Phi) is 3.99. The van der Waals surface area contributed by atoms with Gasteiger partial charge in [0, 0.05) is 0 Å². The summed E-state index contributed by atoms with van der Waals surface area (Å²) in [5.74, 6) is 0. The largest absolute Gasteiger partial charge is 0.244 e. The third kappa shape index (κ3) is 3.25. The van der Waals surface area contributed by atoms with Crippen LogP contribution in [0.1, 0.15) is 20.8 Å². The Bertz CT molecular complexity index is 559. The van der Waals surface area contributed by atoms with Crippen molar-refractivity contribution in [2.24, 2.45) is 0 Å². The predicted molar refractivity (Wildman–Crippen MR) is 85.6 cm³/mol. The van der Waals surface area contributed by atoms with Gasteiger partial charge in [0.2, 0.25) is 0 Å². The van der Waals surface area contributed by atoms with E-state index in [4.69, 9.17) is 9.97 Å². The topological polar surface area (TPSA) is 25.8 Å². The average molecular weight is 278 g/mol. The van der Waals surface area contributed by atoms with E-state index < -0.39 is 0 Å². The highest BCUT2D eigenvalue weighted by Crippen LogP contribution is 2.32. The quantitative estimate of drug-likeness (QED) is 0.789. The van der Waals surface area contributed by atoms with Gasteiger partial charge < -0.3 is 0 Å². The molecule has 0 spiro atoms. The standard InChI is InChI=1S/C14H20N2P2/c1-14(2,3)17-12-13(18(4)5)16-11-9-7-6-8-10(11)15-12/h6-9,17H,1-5H3. The normalized spacial score (nSPS) is 13.0. The minimum absolute atomic E-state index is 0.209. The zero-order chi connectivity index (χ0) is 13.3. The molecule has 0 radical (unpaired) electrons. The Morgan fingerprint density at radius 1 is 1.00 bits per heavy atom. The fraction of sp³-hybridized carbons (Fsp3) is 0.429. The van der Waals surface area contributed by atoms with Gasteiger partial charge >= 0.3 is 0 Å². The summed E-state index contributed by atoms with van der Waals surface area (Å²) < 4.78 is 0. The molecular weight excluding hydrogens is 258 g/mol. The van der Waals surface area contributed by atoms with E-state index in [1.807, 2.05) is 12.1 Å². The summed E-state index contributed by atoms with van der Waals surface area (Å²) in [5.41, 5.74) is 4.46. The molecule has 0 fully saturated rings. The third-order valence-electron chi connectivity index (χ3n) is 2.47. The fourth-order valence-electron chi connectivity index (χ4n) is 1.74. The fourth-order valence-corrected chi connectivity index (χ4v) is 4.42. The lowest BCUT2D eigenvalue weighted by Crippen LogP contribution is -2.29. The van der Waals surface area contributed by atoms with Crippen molar-refractivity contribution in [3.05, 3.63) is 24.3 Å². The van der Waals surface area contributed by atoms with Crippen molar-refractivity contribution in [1.82, 2.24) is 9.97 Å². The lowest BCUT2D eigenvalue weighted by atomic mass is 10.3. The van der Waals surface area contributed by atoms with Crippen molar-refractivity contribution in [3.8, 4) is 0 Å². The van der Waals surface area contributed by atoms with Crippen molar-refractivity contribution in [3.63, 3.8) is 0 Å². The van der Waals surface area contributed by atoms with Crippen molar-refractivity contribution in [2.45, 2.75) is 25.9 Å². The van der Waals surface area contributed by atoms with E-state index in [1.165, 1.54) is 10.9 Å². The molecule has 2 rings (SSSR count). The summed E-state index contributed by atoms with van der Waals surface area (Å²) in [5, 5.41) is 0.275. The van der Waals surface area contributed by atoms with Gasteiger partial charge in [0.15, 0.2) is 0 Å². The zero-order valence-electron chi connectivity index (χ0n) is 11.7. The van der Waals surface area contributed by atoms with Gasteiger partial charge in [0.25, 0.3) is 0 Å². The van der Waals surface area contributed by atoms with Crippen molar-refractivity contribution in [1.29, 1.82) is 0 Å². The molecule has 1 aromatic carbocycles. The molecule has 0 saturated heterocycles. The number of para-hydroxylation sites is 2. The monoisotopic (exact) mass is 278 g/mol. The maximum absolute atomic E-state index is 4.85. The van der Waals surface area contributed by atoms with Gasteiger partial charge in [-0.05, 0) is 30.6 Å². The molecule has 2 aromatic rings. The van der Waals surface area contributed by atoms with Gasteiger partial charge in [-0.15, -0.1) is 0 Å². The molecule has 18 heavy (non-hydrogen) atoms. The summed E-state index contributed by atoms with van der Waals surface area (Å²) in [6, 6.07) is 8.16. The average Bonchev–Trinajstić information content (AvgIpc) is 2.25. The van der Waals surface area contributed by atoms with E-state index in [9.17, 15) is 0 Å². The van der Waals surface area contributed by atoms with E-state index in [2.05, 4.69) is 46.2 Å². The number of hydrogen-bond acceptors (Lipinski definition) is 2. The van der Waals surface area contributed by atoms with Crippen LogP contribution in [0, 0.1) is 0 Å². The summed E-state index contributed by atoms with van der Waals surface area (Å²) in [6.07, 6.45) is 0. The molecule has 0 aliphatic rings. The highest BCUT2D eigenvalue weighted by Gasteiger charge is 2.18. The van der Waals surface area contributed by atoms with E-state index in [1.54, 1.807) is 0 Å². The van der Waals surface area contributed by atoms with Crippen LogP contribution in [-0.4, -0.2) is 28.5 Å². The first-order valence-electron chi connectivity index (χ1n) is 6.09. The number of rotatable bonds is 2. The van der Waals surface area contributed by atoms with Gasteiger partial charge in [-0.2, -0.15) is 0 Å². The molecule has 0 N–H and O–H groups in total. The van der Waals surface area contributed by atoms with Crippen LogP contribution >= 0.6 is 16.5 Å². The lowest BCUT2D eigenvalue weighted by Gasteiger charge is -2.21. The summed E-state index contributed by atoms with van der Waals surface area (Å²) in [7, 11) is 0.502. The molecular formula is C14H20N2P2. The summed E-state index contributed by atoms with van der Waals surface area (Å²) in [4.78, 5) is 9.68. The maximum Gasteiger partial charge on any atom is 0.0895 e. The highest BCUT2D eigenvalue weighted by atomic mass is 31.1. The Hall–Kier alpha value is -0.580. The molecule has 0 aliphatic heterocycles. The van der Waals surface area contributed by atoms with Crippen LogP contribution in [0.2, 0.25) is 0 Å². The summed E-state index contributed by atoms with van der Waals surface area (Å²) in [6.45, 7) is 11.3. The van der Waals surface area contributed by atoms with E-state index in [-0.39, 0.29) is 13.1 Å². The van der Waals surface area contributed by atoms with Crippen LogP contribution in [0.25, 0.3) is 11.0 Å². The van der Waals surface area contributed by atoms with Crippen LogP contribution in [0.15, 0.2) is 24.3 Å². The van der Waals surface area contributed by atoms with Crippen LogP contribution in [0.3, 0.4) is 0 Å². The molecule has 1 unspecified atom stereocenters. The number of fused-ring (bicyclic) bond motifs is 1. The Labute approximate surface area is 112 Å². The second-order valence-corrected chi connectivity index (χ2v) is 10.1. The van der Waals surface area contributed by atoms with Crippen molar-refractivity contribution >= 4 is 38.4 Å². The number of hydrogen-bond donors (Lipinski definition) is 0. The first-order valence-corrected chi connectivity index (χ1v) is 9.33. The highest BCUT2D eigenvalue weighted by molar-refractivity contribution is 7.66.